The number of anilines is 1. The lowest BCUT2D eigenvalue weighted by Gasteiger charge is -2.25. The number of halogens is 3. The maximum atomic E-state index is 13.4. The van der Waals surface area contributed by atoms with Crippen molar-refractivity contribution in [3.05, 3.63) is 84.4 Å². The molecular weight excluding hydrogens is 537 g/mol. The summed E-state index contributed by atoms with van der Waals surface area (Å²) in [6, 6.07) is 22.1. The number of carbonyl (C=O) groups is 1. The van der Waals surface area contributed by atoms with Crippen LogP contribution in [0.25, 0.3) is 0 Å². The number of aromatic hydroxyl groups is 1. The molecule has 0 bridgehead atoms. The third kappa shape index (κ3) is 8.89. The molecule has 0 radical (unpaired) electrons. The summed E-state index contributed by atoms with van der Waals surface area (Å²) >= 11 is 0. The molecule has 2 N–H and O–H groups in total. The summed E-state index contributed by atoms with van der Waals surface area (Å²) in [5.41, 5.74) is 1.32. The number of hydrogen-bond acceptors (Lipinski definition) is 6. The molecule has 0 amide bonds. The molecule has 3 aromatic carbocycles. The highest BCUT2D eigenvalue weighted by molar-refractivity contribution is 7.92. The van der Waals surface area contributed by atoms with Crippen LogP contribution in [0.15, 0.2) is 83.8 Å². The fourth-order valence-electron chi connectivity index (χ4n) is 3.81. The maximum Gasteiger partial charge on any atom is 0.490 e. The lowest BCUT2D eigenvalue weighted by Crippen LogP contribution is -2.30. The number of phenolic OH excluding ortho intramolecular Hbond substituents is 1. The van der Waals surface area contributed by atoms with Crippen LogP contribution in [-0.4, -0.2) is 61.9 Å². The first-order valence-electron chi connectivity index (χ1n) is 12.1. The highest BCUT2D eigenvalue weighted by atomic mass is 32.2. The van der Waals surface area contributed by atoms with Gasteiger partial charge in [0.15, 0.2) is 0 Å². The van der Waals surface area contributed by atoms with Crippen LogP contribution in [0.2, 0.25) is 0 Å². The van der Waals surface area contributed by atoms with Gasteiger partial charge in [-0.3, -0.25) is 9.21 Å². The van der Waals surface area contributed by atoms with Crippen LogP contribution in [-0.2, 0) is 21.4 Å². The van der Waals surface area contributed by atoms with Gasteiger partial charge >= 0.3 is 12.1 Å². The first-order valence-corrected chi connectivity index (χ1v) is 13.5. The van der Waals surface area contributed by atoms with E-state index >= 15 is 0 Å². The monoisotopic (exact) mass is 566 g/mol. The molecule has 0 aliphatic carbocycles. The number of hydrogen-bond donors (Lipinski definition) is 2. The smallest absolute Gasteiger partial charge is 0.490 e. The number of carboxylic acids is 1. The molecule has 4 rings (SSSR count). The average Bonchev–Trinajstić information content (AvgIpc) is 3.43. The molecule has 0 saturated carbocycles. The predicted molar refractivity (Wildman–Crippen MR) is 139 cm³/mol. The average molecular weight is 567 g/mol. The molecule has 0 aromatic heterocycles. The fourth-order valence-corrected chi connectivity index (χ4v) is 5.28. The molecule has 1 aliphatic heterocycles. The van der Waals surface area contributed by atoms with Crippen LogP contribution in [0.3, 0.4) is 0 Å². The van der Waals surface area contributed by atoms with Gasteiger partial charge in [0.25, 0.3) is 10.0 Å². The molecule has 1 heterocycles. The molecule has 39 heavy (non-hydrogen) atoms. The number of aliphatic carboxylic acids is 1. The standard InChI is InChI=1S/C25H28N2O4S.C2HF3O2/c28-23-12-8-21(9-13-23)20-27(32(29,30)25-6-2-1-3-7-25)22-10-14-24(15-11-22)31-19-18-26-16-4-5-17-26;3-2(4,5)1(6)7/h1-3,6-15,28H,4-5,16-20H2;(H,6,7). The molecule has 1 fully saturated rings. The summed E-state index contributed by atoms with van der Waals surface area (Å²) in [6.07, 6.45) is -2.58. The van der Waals surface area contributed by atoms with Gasteiger partial charge in [-0.05, 0) is 80.0 Å². The van der Waals surface area contributed by atoms with Gasteiger partial charge < -0.3 is 14.9 Å². The van der Waals surface area contributed by atoms with Gasteiger partial charge in [0, 0.05) is 6.54 Å². The minimum atomic E-state index is -5.08. The summed E-state index contributed by atoms with van der Waals surface area (Å²) in [5.74, 6) is -1.90. The summed E-state index contributed by atoms with van der Waals surface area (Å²) < 4.78 is 65.9. The number of carboxylic acid groups (broad SMARTS) is 1. The third-order valence-electron chi connectivity index (χ3n) is 5.84. The summed E-state index contributed by atoms with van der Waals surface area (Å²) in [5, 5.41) is 16.7. The van der Waals surface area contributed by atoms with Crippen LogP contribution >= 0.6 is 0 Å². The van der Waals surface area contributed by atoms with Crippen molar-refractivity contribution in [2.75, 3.05) is 30.5 Å². The van der Waals surface area contributed by atoms with Gasteiger partial charge in [-0.2, -0.15) is 13.2 Å². The molecule has 210 valence electrons. The predicted octanol–water partition coefficient (Wildman–Crippen LogP) is 4.90. The van der Waals surface area contributed by atoms with Crippen molar-refractivity contribution in [2.45, 2.75) is 30.5 Å². The van der Waals surface area contributed by atoms with Crippen molar-refractivity contribution in [2.24, 2.45) is 0 Å². The van der Waals surface area contributed by atoms with Crippen molar-refractivity contribution in [1.82, 2.24) is 4.90 Å². The summed E-state index contributed by atoms with van der Waals surface area (Å²) in [6.45, 7) is 3.92. The Morgan fingerprint density at radius 2 is 1.49 bits per heavy atom. The Morgan fingerprint density at radius 3 is 2.03 bits per heavy atom. The number of sulfonamides is 1. The van der Waals surface area contributed by atoms with E-state index < -0.39 is 22.2 Å². The number of phenols is 1. The Morgan fingerprint density at radius 1 is 0.923 bits per heavy atom. The normalized spacial score (nSPS) is 13.8. The Labute approximate surface area is 224 Å². The van der Waals surface area contributed by atoms with Gasteiger partial charge in [0.05, 0.1) is 17.1 Å². The van der Waals surface area contributed by atoms with Crippen LogP contribution in [0.4, 0.5) is 18.9 Å². The highest BCUT2D eigenvalue weighted by Crippen LogP contribution is 2.28. The lowest BCUT2D eigenvalue weighted by molar-refractivity contribution is -0.192. The highest BCUT2D eigenvalue weighted by Gasteiger charge is 2.38. The van der Waals surface area contributed by atoms with Gasteiger partial charge in [0.1, 0.15) is 18.1 Å². The Balaban J connectivity index is 0.000000532. The number of alkyl halides is 3. The third-order valence-corrected chi connectivity index (χ3v) is 7.62. The number of likely N-dealkylation sites (tertiary alicyclic amines) is 1. The maximum absolute atomic E-state index is 13.4. The fraction of sp³-hybridized carbons (Fsp3) is 0.296. The second-order valence-electron chi connectivity index (χ2n) is 8.69. The quantitative estimate of drug-likeness (QED) is 0.380. The molecule has 12 heteroatoms. The second-order valence-corrected chi connectivity index (χ2v) is 10.5. The molecule has 8 nitrogen and oxygen atoms in total. The molecule has 1 aliphatic rings. The minimum absolute atomic E-state index is 0.140. The van der Waals surface area contributed by atoms with Crippen molar-refractivity contribution >= 4 is 21.7 Å². The van der Waals surface area contributed by atoms with E-state index in [4.69, 9.17) is 14.6 Å². The van der Waals surface area contributed by atoms with Gasteiger partial charge in [-0.25, -0.2) is 13.2 Å². The summed E-state index contributed by atoms with van der Waals surface area (Å²) in [7, 11) is -3.78. The topological polar surface area (TPSA) is 107 Å². The van der Waals surface area contributed by atoms with Gasteiger partial charge in [-0.15, -0.1) is 0 Å². The second kappa shape index (κ2) is 13.3. The molecule has 0 unspecified atom stereocenters. The Bertz CT molecular complexity index is 1300. The Kier molecular flexibility index (Phi) is 10.2. The van der Waals surface area contributed by atoms with Crippen LogP contribution < -0.4 is 9.04 Å². The van der Waals surface area contributed by atoms with Crippen molar-refractivity contribution in [3.8, 4) is 11.5 Å². The lowest BCUT2D eigenvalue weighted by atomic mass is 10.2. The van der Waals surface area contributed by atoms with Gasteiger partial charge in [0.2, 0.25) is 0 Å². The van der Waals surface area contributed by atoms with Crippen molar-refractivity contribution in [1.29, 1.82) is 0 Å². The van der Waals surface area contributed by atoms with E-state index in [9.17, 15) is 26.7 Å². The van der Waals surface area contributed by atoms with E-state index in [-0.39, 0.29) is 17.2 Å². The first-order chi connectivity index (χ1) is 18.5. The molecular formula is C27H29F3N2O6S. The zero-order chi connectivity index (χ0) is 28.5. The first kappa shape index (κ1) is 29.8. The van der Waals surface area contributed by atoms with E-state index in [0.29, 0.717) is 12.3 Å². The van der Waals surface area contributed by atoms with E-state index in [1.807, 2.05) is 12.1 Å². The van der Waals surface area contributed by atoms with E-state index in [0.717, 1.165) is 30.9 Å². The van der Waals surface area contributed by atoms with Crippen molar-refractivity contribution < 1.29 is 41.3 Å². The number of ether oxygens (including phenoxy) is 1. The summed E-state index contributed by atoms with van der Waals surface area (Å²) in [4.78, 5) is 11.5. The number of benzene rings is 3. The SMILES string of the molecule is O=C(O)C(F)(F)F.O=S(=O)(c1ccccc1)N(Cc1ccc(O)cc1)c1ccc(OCCN2CCCC2)cc1. The van der Waals surface area contributed by atoms with Gasteiger partial charge in [-0.1, -0.05) is 30.3 Å². The Hall–Kier alpha value is -3.77. The molecule has 1 saturated heterocycles. The van der Waals surface area contributed by atoms with E-state index in [2.05, 4.69) is 4.90 Å². The minimum Gasteiger partial charge on any atom is -0.508 e. The number of rotatable bonds is 9. The molecule has 0 spiro atoms. The van der Waals surface area contributed by atoms with Crippen molar-refractivity contribution in [3.63, 3.8) is 0 Å². The van der Waals surface area contributed by atoms with Crippen LogP contribution in [0, 0.1) is 0 Å². The van der Waals surface area contributed by atoms with Crippen LogP contribution in [0.5, 0.6) is 11.5 Å². The molecule has 3 aromatic rings. The van der Waals surface area contributed by atoms with E-state index in [1.54, 1.807) is 66.7 Å². The zero-order valence-electron chi connectivity index (χ0n) is 20.9. The zero-order valence-corrected chi connectivity index (χ0v) is 21.7. The largest absolute Gasteiger partial charge is 0.508 e. The number of nitrogens with zero attached hydrogens (tertiary/aromatic N) is 2. The molecule has 0 atom stereocenters. The van der Waals surface area contributed by atoms with Crippen LogP contribution in [0.1, 0.15) is 18.4 Å². The van der Waals surface area contributed by atoms with E-state index in [1.165, 1.54) is 17.1 Å².